The lowest BCUT2D eigenvalue weighted by atomic mass is 10.1. The fraction of sp³-hybridized carbons (Fsp3) is 0.583. The van der Waals surface area contributed by atoms with Gasteiger partial charge in [0, 0.05) is 22.9 Å². The van der Waals surface area contributed by atoms with Crippen LogP contribution < -0.4 is 5.32 Å². The second-order valence-corrected chi connectivity index (χ2v) is 5.44. The Kier molecular flexibility index (Phi) is 4.84. The lowest BCUT2D eigenvalue weighted by Crippen LogP contribution is -2.33. The molecule has 1 N–H and O–H groups in total. The van der Waals surface area contributed by atoms with E-state index in [1.807, 2.05) is 12.3 Å². The van der Waals surface area contributed by atoms with Gasteiger partial charge in [-0.05, 0) is 60.7 Å². The molecule has 1 aliphatic rings. The van der Waals surface area contributed by atoms with Crippen molar-refractivity contribution in [2.45, 2.75) is 19.3 Å². The Balaban J connectivity index is 1.69. The Labute approximate surface area is 111 Å². The first-order chi connectivity index (χ1) is 7.84. The maximum Gasteiger partial charge on any atom is 0.125 e. The van der Waals surface area contributed by atoms with E-state index in [1.165, 1.54) is 35.9 Å². The van der Waals surface area contributed by atoms with E-state index in [0.29, 0.717) is 0 Å². The fourth-order valence-electron chi connectivity index (χ4n) is 2.01. The van der Waals surface area contributed by atoms with E-state index < -0.39 is 0 Å². The quantitative estimate of drug-likeness (QED) is 0.860. The average molecular weight is 331 g/mol. The second kappa shape index (κ2) is 6.39. The van der Waals surface area contributed by atoms with Gasteiger partial charge in [0.15, 0.2) is 0 Å². The summed E-state index contributed by atoms with van der Waals surface area (Å²) >= 11 is 2.27. The molecule has 0 aliphatic carbocycles. The molecule has 16 heavy (non-hydrogen) atoms. The lowest BCUT2D eigenvalue weighted by Gasteiger charge is -2.26. The van der Waals surface area contributed by atoms with Crippen LogP contribution in [0.25, 0.3) is 0 Å². The van der Waals surface area contributed by atoms with Crippen molar-refractivity contribution in [3.8, 4) is 0 Å². The van der Waals surface area contributed by atoms with Crippen LogP contribution in [-0.4, -0.2) is 36.1 Å². The van der Waals surface area contributed by atoms with Crippen LogP contribution in [0.4, 0.5) is 5.82 Å². The molecule has 0 spiro atoms. The van der Waals surface area contributed by atoms with Crippen molar-refractivity contribution < 1.29 is 0 Å². The number of aromatic nitrogens is 1. The number of pyridine rings is 1. The largest absolute Gasteiger partial charge is 0.369 e. The SMILES string of the molecule is Ic1ccc(NCCN2CCCCC2)nc1. The maximum absolute atomic E-state index is 4.32. The minimum atomic E-state index is 0.984. The molecule has 0 amide bonds. The first-order valence-corrected chi connectivity index (χ1v) is 7.00. The van der Waals surface area contributed by atoms with Gasteiger partial charge in [-0.2, -0.15) is 0 Å². The van der Waals surface area contributed by atoms with Crippen LogP contribution in [-0.2, 0) is 0 Å². The highest BCUT2D eigenvalue weighted by Crippen LogP contribution is 2.09. The molecule has 3 nitrogen and oxygen atoms in total. The molecule has 0 radical (unpaired) electrons. The van der Waals surface area contributed by atoms with Gasteiger partial charge in [0.05, 0.1) is 0 Å². The van der Waals surface area contributed by atoms with Crippen molar-refractivity contribution in [1.82, 2.24) is 9.88 Å². The fourth-order valence-corrected chi connectivity index (χ4v) is 2.32. The van der Waals surface area contributed by atoms with Crippen LogP contribution in [0.3, 0.4) is 0 Å². The summed E-state index contributed by atoms with van der Waals surface area (Å²) in [5, 5.41) is 3.36. The summed E-state index contributed by atoms with van der Waals surface area (Å²) in [7, 11) is 0. The van der Waals surface area contributed by atoms with Gasteiger partial charge in [-0.3, -0.25) is 0 Å². The lowest BCUT2D eigenvalue weighted by molar-refractivity contribution is 0.237. The highest BCUT2D eigenvalue weighted by Gasteiger charge is 2.08. The van der Waals surface area contributed by atoms with E-state index in [0.717, 1.165) is 18.9 Å². The molecule has 2 heterocycles. The normalized spacial score (nSPS) is 17.3. The predicted molar refractivity (Wildman–Crippen MR) is 75.7 cm³/mol. The molecule has 1 aromatic heterocycles. The van der Waals surface area contributed by atoms with Crippen LogP contribution in [0.2, 0.25) is 0 Å². The Hall–Kier alpha value is -0.360. The number of piperidine rings is 1. The zero-order valence-electron chi connectivity index (χ0n) is 9.45. The third-order valence-corrected chi connectivity index (χ3v) is 3.55. The molecular formula is C12H18IN3. The van der Waals surface area contributed by atoms with Crippen molar-refractivity contribution in [2.75, 3.05) is 31.5 Å². The van der Waals surface area contributed by atoms with E-state index in [1.54, 1.807) is 0 Å². The Morgan fingerprint density at radius 1 is 1.25 bits per heavy atom. The van der Waals surface area contributed by atoms with E-state index in [4.69, 9.17) is 0 Å². The molecule has 2 rings (SSSR count). The molecule has 1 fully saturated rings. The summed E-state index contributed by atoms with van der Waals surface area (Å²) in [6, 6.07) is 4.12. The summed E-state index contributed by atoms with van der Waals surface area (Å²) < 4.78 is 1.18. The number of halogens is 1. The predicted octanol–water partition coefficient (Wildman–Crippen LogP) is 2.58. The number of nitrogens with one attached hydrogen (secondary N) is 1. The van der Waals surface area contributed by atoms with Crippen LogP contribution >= 0.6 is 22.6 Å². The number of anilines is 1. The Morgan fingerprint density at radius 3 is 2.75 bits per heavy atom. The van der Waals surface area contributed by atoms with Crippen molar-refractivity contribution in [2.24, 2.45) is 0 Å². The van der Waals surface area contributed by atoms with Gasteiger partial charge in [0.2, 0.25) is 0 Å². The van der Waals surface area contributed by atoms with Gasteiger partial charge in [0.25, 0.3) is 0 Å². The van der Waals surface area contributed by atoms with Gasteiger partial charge in [-0.25, -0.2) is 4.98 Å². The monoisotopic (exact) mass is 331 g/mol. The third-order valence-electron chi connectivity index (χ3n) is 2.91. The zero-order chi connectivity index (χ0) is 11.2. The van der Waals surface area contributed by atoms with Crippen molar-refractivity contribution in [1.29, 1.82) is 0 Å². The molecule has 0 saturated carbocycles. The van der Waals surface area contributed by atoms with Crippen LogP contribution in [0.15, 0.2) is 18.3 Å². The third kappa shape index (κ3) is 3.90. The molecular weight excluding hydrogens is 313 g/mol. The standard InChI is InChI=1S/C12H18IN3/c13-11-4-5-12(15-10-11)14-6-9-16-7-2-1-3-8-16/h4-5,10H,1-3,6-9H2,(H,14,15). The molecule has 0 bridgehead atoms. The van der Waals surface area contributed by atoms with Gasteiger partial charge in [0.1, 0.15) is 5.82 Å². The summed E-state index contributed by atoms with van der Waals surface area (Å²) in [5.74, 6) is 0.984. The second-order valence-electron chi connectivity index (χ2n) is 4.19. The molecule has 0 unspecified atom stereocenters. The summed E-state index contributed by atoms with van der Waals surface area (Å²) in [5.41, 5.74) is 0. The Morgan fingerprint density at radius 2 is 2.06 bits per heavy atom. The van der Waals surface area contributed by atoms with E-state index in [2.05, 4.69) is 43.9 Å². The van der Waals surface area contributed by atoms with Gasteiger partial charge in [-0.15, -0.1) is 0 Å². The summed E-state index contributed by atoms with van der Waals surface area (Å²) in [6.07, 6.45) is 6.02. The van der Waals surface area contributed by atoms with Gasteiger partial charge in [-0.1, -0.05) is 6.42 Å². The highest BCUT2D eigenvalue weighted by atomic mass is 127. The van der Waals surface area contributed by atoms with E-state index in [9.17, 15) is 0 Å². The van der Waals surface area contributed by atoms with Gasteiger partial charge >= 0.3 is 0 Å². The number of hydrogen-bond donors (Lipinski definition) is 1. The Bertz CT molecular complexity index is 307. The molecule has 0 atom stereocenters. The maximum atomic E-state index is 4.32. The smallest absolute Gasteiger partial charge is 0.125 e. The number of rotatable bonds is 4. The highest BCUT2D eigenvalue weighted by molar-refractivity contribution is 14.1. The van der Waals surface area contributed by atoms with Gasteiger partial charge < -0.3 is 10.2 Å². The minimum Gasteiger partial charge on any atom is -0.369 e. The van der Waals surface area contributed by atoms with E-state index >= 15 is 0 Å². The molecule has 4 heteroatoms. The first-order valence-electron chi connectivity index (χ1n) is 5.92. The summed E-state index contributed by atoms with van der Waals surface area (Å²) in [4.78, 5) is 6.85. The summed E-state index contributed by atoms with van der Waals surface area (Å²) in [6.45, 7) is 4.66. The average Bonchev–Trinajstić information content (AvgIpc) is 2.33. The van der Waals surface area contributed by atoms with Crippen molar-refractivity contribution in [3.05, 3.63) is 21.9 Å². The van der Waals surface area contributed by atoms with Crippen LogP contribution in [0.5, 0.6) is 0 Å². The molecule has 1 aromatic rings. The topological polar surface area (TPSA) is 28.2 Å². The van der Waals surface area contributed by atoms with E-state index in [-0.39, 0.29) is 0 Å². The minimum absolute atomic E-state index is 0.984. The molecule has 1 saturated heterocycles. The molecule has 88 valence electrons. The number of nitrogens with zero attached hydrogens (tertiary/aromatic N) is 2. The molecule has 0 aromatic carbocycles. The van der Waals surface area contributed by atoms with Crippen molar-refractivity contribution in [3.63, 3.8) is 0 Å². The number of hydrogen-bond acceptors (Lipinski definition) is 3. The molecule has 1 aliphatic heterocycles. The first kappa shape index (κ1) is 12.1. The zero-order valence-corrected chi connectivity index (χ0v) is 11.6. The number of likely N-dealkylation sites (tertiary alicyclic amines) is 1. The van der Waals surface area contributed by atoms with Crippen LogP contribution in [0, 0.1) is 3.57 Å². The van der Waals surface area contributed by atoms with Crippen molar-refractivity contribution >= 4 is 28.4 Å². The van der Waals surface area contributed by atoms with Crippen LogP contribution in [0.1, 0.15) is 19.3 Å².